The highest BCUT2D eigenvalue weighted by molar-refractivity contribution is 14.1. The average molecular weight is 924 g/mol. The van der Waals surface area contributed by atoms with Crippen molar-refractivity contribution in [2.75, 3.05) is 0 Å². The van der Waals surface area contributed by atoms with E-state index < -0.39 is 16.1 Å². The Morgan fingerprint density at radius 2 is 1.12 bits per heavy atom. The Morgan fingerprint density at radius 1 is 0.690 bits per heavy atom. The Labute approximate surface area is 289 Å². The fraction of sp³-hybridized carbons (Fsp3) is 0.606. The highest BCUT2D eigenvalue weighted by Crippen LogP contribution is 2.63. The molecule has 10 rings (SSSR count). The molecule has 8 aliphatic rings. The molecule has 0 aliphatic heterocycles. The van der Waals surface area contributed by atoms with E-state index >= 15 is 0 Å². The first-order valence-corrected chi connectivity index (χ1v) is 20.2. The average Bonchev–Trinajstić information content (AvgIpc) is 2.88. The quantitative estimate of drug-likeness (QED) is 0.107. The molecule has 8 bridgehead atoms. The summed E-state index contributed by atoms with van der Waals surface area (Å²) in [6.07, 6.45) is 11.7. The Balaban J connectivity index is 1.28. The highest BCUT2D eigenvalue weighted by Gasteiger charge is 2.53. The van der Waals surface area contributed by atoms with Crippen LogP contribution in [0.1, 0.15) is 97.5 Å². The van der Waals surface area contributed by atoms with Crippen molar-refractivity contribution in [1.82, 2.24) is 0 Å². The van der Waals surface area contributed by atoms with E-state index in [0.717, 1.165) is 96.9 Å². The molecule has 8 aliphatic carbocycles. The Kier molecular flexibility index (Phi) is 7.56. The third kappa shape index (κ3) is 5.03. The number of benzene rings is 2. The molecule has 0 saturated heterocycles. The van der Waals surface area contributed by atoms with Crippen molar-refractivity contribution in [3.05, 3.63) is 51.7 Å². The number of hydrogen-bond acceptors (Lipinski definition) is 4. The van der Waals surface area contributed by atoms with E-state index in [4.69, 9.17) is 4.74 Å². The Morgan fingerprint density at radius 3 is 1.52 bits per heavy atom. The first-order chi connectivity index (χ1) is 20.0. The van der Waals surface area contributed by atoms with Crippen molar-refractivity contribution in [3.8, 4) is 5.75 Å². The fourth-order valence-corrected chi connectivity index (χ4v) is 14.6. The second-order valence-corrected chi connectivity index (χ2v) is 19.3. The SMILES string of the molecule is O=C(Oc1cc(C2C3CC4CC(C3)CC2C4)c(S(=O)(=O)O)c(C2C3CC4CC(C3)CC2C4)c1)c1cc(I)cc(I)c1I. The van der Waals surface area contributed by atoms with Crippen molar-refractivity contribution in [1.29, 1.82) is 0 Å². The highest BCUT2D eigenvalue weighted by atomic mass is 127. The molecule has 2 aromatic rings. The van der Waals surface area contributed by atoms with Crippen LogP contribution in [0.4, 0.5) is 0 Å². The predicted octanol–water partition coefficient (Wildman–Crippen LogP) is 9.05. The molecule has 0 spiro atoms. The zero-order chi connectivity index (χ0) is 29.1. The van der Waals surface area contributed by atoms with Crippen LogP contribution in [0.15, 0.2) is 29.2 Å². The summed E-state index contributed by atoms with van der Waals surface area (Å²) in [5, 5.41) is 0. The van der Waals surface area contributed by atoms with Crippen molar-refractivity contribution in [2.45, 2.75) is 80.9 Å². The van der Waals surface area contributed by atoms with Gasteiger partial charge < -0.3 is 4.74 Å². The standard InChI is InChI=1S/C33H35I3O5S/c34-23-11-27(31(36)28(35)12-23)33(37)41-24-13-25(29-19-3-15-1-16(5-19)6-20(29)4-15)32(42(38,39)40)26(14-24)30-21-7-17-2-18(9-21)10-22(30)8-17/h11-22,29-30H,1-10H2,(H,38,39,40). The van der Waals surface area contributed by atoms with E-state index in [1.165, 1.54) is 12.8 Å². The lowest BCUT2D eigenvalue weighted by molar-refractivity contribution is -0.00691. The summed E-state index contributed by atoms with van der Waals surface area (Å²) < 4.78 is 46.9. The van der Waals surface area contributed by atoms with Gasteiger partial charge >= 0.3 is 5.97 Å². The molecule has 0 unspecified atom stereocenters. The van der Waals surface area contributed by atoms with Crippen LogP contribution in [0.5, 0.6) is 5.75 Å². The van der Waals surface area contributed by atoms with Crippen molar-refractivity contribution < 1.29 is 22.5 Å². The van der Waals surface area contributed by atoms with Crippen LogP contribution in [0.25, 0.3) is 0 Å². The molecule has 0 amide bonds. The number of esters is 1. The third-order valence-electron chi connectivity index (χ3n) is 12.0. The smallest absolute Gasteiger partial charge is 0.344 e. The lowest BCUT2D eigenvalue weighted by atomic mass is 9.49. The van der Waals surface area contributed by atoms with Crippen LogP contribution >= 0.6 is 67.8 Å². The monoisotopic (exact) mass is 924 g/mol. The zero-order valence-corrected chi connectivity index (χ0v) is 30.6. The molecular weight excluding hydrogens is 889 g/mol. The topological polar surface area (TPSA) is 80.7 Å². The van der Waals surface area contributed by atoms with Gasteiger partial charge in [-0.3, -0.25) is 4.55 Å². The van der Waals surface area contributed by atoms with Gasteiger partial charge in [-0.15, -0.1) is 0 Å². The molecule has 8 fully saturated rings. The lowest BCUT2D eigenvalue weighted by Gasteiger charge is -2.56. The zero-order valence-electron chi connectivity index (χ0n) is 23.3. The van der Waals surface area contributed by atoms with Crippen molar-refractivity contribution in [3.63, 3.8) is 0 Å². The minimum absolute atomic E-state index is 0.0859. The van der Waals surface area contributed by atoms with E-state index in [1.54, 1.807) is 0 Å². The molecule has 224 valence electrons. The fourth-order valence-electron chi connectivity index (χ4n) is 11.2. The summed E-state index contributed by atoms with van der Waals surface area (Å²) in [7, 11) is -4.49. The molecule has 0 atom stereocenters. The summed E-state index contributed by atoms with van der Waals surface area (Å²) >= 11 is 6.67. The molecule has 5 nitrogen and oxygen atoms in total. The third-order valence-corrected chi connectivity index (χ3v) is 16.6. The minimum Gasteiger partial charge on any atom is -0.423 e. The summed E-state index contributed by atoms with van der Waals surface area (Å²) in [5.74, 6) is 4.88. The van der Waals surface area contributed by atoms with Gasteiger partial charge in [-0.25, -0.2) is 4.79 Å². The number of carbonyl (C=O) groups excluding carboxylic acids is 1. The van der Waals surface area contributed by atoms with Gasteiger partial charge in [-0.2, -0.15) is 8.42 Å². The lowest BCUT2D eigenvalue weighted by Crippen LogP contribution is -2.45. The molecule has 0 heterocycles. The van der Waals surface area contributed by atoms with Crippen LogP contribution < -0.4 is 4.74 Å². The molecule has 1 N–H and O–H groups in total. The Bertz CT molecular complexity index is 1470. The number of halogens is 3. The maximum absolute atomic E-state index is 13.7. The number of rotatable bonds is 5. The minimum atomic E-state index is -4.49. The van der Waals surface area contributed by atoms with Crippen molar-refractivity contribution >= 4 is 83.9 Å². The molecule has 8 saturated carbocycles. The van der Waals surface area contributed by atoms with E-state index in [-0.39, 0.29) is 16.7 Å². The van der Waals surface area contributed by atoms with Crippen LogP contribution in [-0.2, 0) is 10.1 Å². The van der Waals surface area contributed by atoms with Gasteiger partial charge in [0.05, 0.1) is 5.56 Å². The van der Waals surface area contributed by atoms with E-state index in [0.29, 0.717) is 35.0 Å². The summed E-state index contributed by atoms with van der Waals surface area (Å²) in [6, 6.07) is 7.56. The first kappa shape index (κ1) is 29.4. The molecule has 2 aromatic carbocycles. The number of hydrogen-bond donors (Lipinski definition) is 1. The van der Waals surface area contributed by atoms with E-state index in [2.05, 4.69) is 67.8 Å². The molecule has 9 heteroatoms. The summed E-state index contributed by atoms with van der Waals surface area (Å²) in [5.41, 5.74) is 1.98. The number of ether oxygens (including phenoxy) is 1. The normalized spacial score (nSPS) is 37.8. The van der Waals surface area contributed by atoms with Gasteiger partial charge in [-0.05, 0) is 227 Å². The van der Waals surface area contributed by atoms with Crippen molar-refractivity contribution in [2.24, 2.45) is 47.3 Å². The van der Waals surface area contributed by atoms with Crippen LogP contribution in [0.3, 0.4) is 0 Å². The van der Waals surface area contributed by atoms with E-state index in [1.807, 2.05) is 24.3 Å². The van der Waals surface area contributed by atoms with E-state index in [9.17, 15) is 17.8 Å². The summed E-state index contributed by atoms with van der Waals surface area (Å²) in [6.45, 7) is 0. The summed E-state index contributed by atoms with van der Waals surface area (Å²) in [4.78, 5) is 13.8. The van der Waals surface area contributed by atoms with Gasteiger partial charge in [0.1, 0.15) is 10.6 Å². The predicted molar refractivity (Wildman–Crippen MR) is 185 cm³/mol. The maximum Gasteiger partial charge on any atom is 0.344 e. The Hall–Kier alpha value is 0.0100. The van der Waals surface area contributed by atoms with Crippen LogP contribution in [0, 0.1) is 58.1 Å². The number of carbonyl (C=O) groups is 1. The van der Waals surface area contributed by atoms with Gasteiger partial charge in [0.25, 0.3) is 10.1 Å². The second kappa shape index (κ2) is 10.8. The van der Waals surface area contributed by atoms with Crippen LogP contribution in [0.2, 0.25) is 0 Å². The largest absolute Gasteiger partial charge is 0.423 e. The van der Waals surface area contributed by atoms with Gasteiger partial charge in [0.15, 0.2) is 0 Å². The molecule has 42 heavy (non-hydrogen) atoms. The van der Waals surface area contributed by atoms with Gasteiger partial charge in [0.2, 0.25) is 0 Å². The molecular formula is C33H35I3O5S. The second-order valence-electron chi connectivity index (χ2n) is 14.5. The molecule has 0 aromatic heterocycles. The van der Waals surface area contributed by atoms with Crippen LogP contribution in [-0.4, -0.2) is 18.9 Å². The first-order valence-electron chi connectivity index (χ1n) is 15.5. The van der Waals surface area contributed by atoms with Gasteiger partial charge in [-0.1, -0.05) is 0 Å². The van der Waals surface area contributed by atoms with Gasteiger partial charge in [0, 0.05) is 10.7 Å². The maximum atomic E-state index is 13.7. The molecule has 0 radical (unpaired) electrons.